The van der Waals surface area contributed by atoms with Gasteiger partial charge in [0.15, 0.2) is 0 Å². The number of nitrogens with one attached hydrogen (secondary N) is 5. The standard InChI is InChI=1S/C36H65N5O8/c1-12-14-26(41-35(47)49-36(9,10)11)32(44)40-29(20-25-15-13-16-48-25)34(46)38-27(17-21(2)3)30(42)19-24(8)31(43)39-28(18-22(4)5)33(45)37-23(6)7/h12,21-30,42H,1,13-20H2,2-11H3,(H,37,45)(H,38,46)(H,39,43)(H,40,44)(H,41,47)/t24-,25?,26+,27+,28+,29+,30+/m1/s1. The molecule has 1 aliphatic rings. The Bertz CT molecular complexity index is 1080. The molecule has 1 rings (SSSR count). The van der Waals surface area contributed by atoms with Crippen LogP contribution in [-0.4, -0.2) is 89.5 Å². The second kappa shape index (κ2) is 21.1. The summed E-state index contributed by atoms with van der Waals surface area (Å²) in [5.41, 5.74) is -0.774. The summed E-state index contributed by atoms with van der Waals surface area (Å²) in [5.74, 6) is -2.14. The van der Waals surface area contributed by atoms with Crippen LogP contribution in [0.1, 0.15) is 114 Å². The second-order valence-corrected chi connectivity index (χ2v) is 15.5. The molecule has 0 aliphatic carbocycles. The van der Waals surface area contributed by atoms with E-state index in [-0.39, 0.29) is 55.1 Å². The van der Waals surface area contributed by atoms with Crippen LogP contribution in [0.3, 0.4) is 0 Å². The molecule has 0 bridgehead atoms. The van der Waals surface area contributed by atoms with Crippen molar-refractivity contribution >= 4 is 29.7 Å². The Balaban J connectivity index is 3.12. The van der Waals surface area contributed by atoms with Crippen molar-refractivity contribution in [2.45, 2.75) is 162 Å². The number of carbonyl (C=O) groups excluding carboxylic acids is 5. The van der Waals surface area contributed by atoms with Gasteiger partial charge in [0.05, 0.1) is 18.2 Å². The lowest BCUT2D eigenvalue weighted by atomic mass is 9.91. The predicted octanol–water partition coefficient (Wildman–Crippen LogP) is 3.48. The van der Waals surface area contributed by atoms with E-state index < -0.39 is 59.7 Å². The maximum Gasteiger partial charge on any atom is 0.408 e. The Morgan fingerprint density at radius 3 is 1.88 bits per heavy atom. The van der Waals surface area contributed by atoms with Crippen molar-refractivity contribution in [2.24, 2.45) is 17.8 Å². The van der Waals surface area contributed by atoms with Gasteiger partial charge in [0.1, 0.15) is 23.7 Å². The van der Waals surface area contributed by atoms with Crippen LogP contribution in [0.25, 0.3) is 0 Å². The van der Waals surface area contributed by atoms with Gasteiger partial charge in [-0.3, -0.25) is 19.2 Å². The molecule has 0 aromatic carbocycles. The van der Waals surface area contributed by atoms with Gasteiger partial charge in [0.2, 0.25) is 23.6 Å². The van der Waals surface area contributed by atoms with Crippen LogP contribution in [0, 0.1) is 17.8 Å². The highest BCUT2D eigenvalue weighted by molar-refractivity contribution is 5.91. The van der Waals surface area contributed by atoms with E-state index in [1.807, 2.05) is 41.5 Å². The first-order valence-corrected chi connectivity index (χ1v) is 17.8. The zero-order valence-electron chi connectivity index (χ0n) is 31.5. The molecular weight excluding hydrogens is 630 g/mol. The first kappa shape index (κ1) is 43.8. The van der Waals surface area contributed by atoms with E-state index in [0.717, 1.165) is 12.8 Å². The van der Waals surface area contributed by atoms with Crippen molar-refractivity contribution in [1.82, 2.24) is 26.6 Å². The largest absolute Gasteiger partial charge is 0.444 e. The van der Waals surface area contributed by atoms with E-state index in [0.29, 0.717) is 19.4 Å². The van der Waals surface area contributed by atoms with Crippen molar-refractivity contribution in [2.75, 3.05) is 6.61 Å². The van der Waals surface area contributed by atoms with Gasteiger partial charge in [0.25, 0.3) is 0 Å². The molecule has 1 heterocycles. The van der Waals surface area contributed by atoms with Crippen LogP contribution in [0.5, 0.6) is 0 Å². The number of rotatable bonds is 20. The monoisotopic (exact) mass is 695 g/mol. The molecule has 49 heavy (non-hydrogen) atoms. The summed E-state index contributed by atoms with van der Waals surface area (Å²) >= 11 is 0. The molecular formula is C36H65N5O8. The van der Waals surface area contributed by atoms with Gasteiger partial charge in [-0.25, -0.2) is 4.79 Å². The summed E-state index contributed by atoms with van der Waals surface area (Å²) < 4.78 is 11.1. The van der Waals surface area contributed by atoms with Crippen LogP contribution >= 0.6 is 0 Å². The van der Waals surface area contributed by atoms with Gasteiger partial charge in [-0.1, -0.05) is 40.7 Å². The Hall–Kier alpha value is -3.19. The van der Waals surface area contributed by atoms with Crippen LogP contribution in [-0.2, 0) is 28.7 Å². The molecule has 1 unspecified atom stereocenters. The maximum atomic E-state index is 13.8. The van der Waals surface area contributed by atoms with Crippen molar-refractivity contribution < 1.29 is 38.6 Å². The molecule has 0 saturated carbocycles. The minimum absolute atomic E-state index is 0.0354. The number of aliphatic hydroxyl groups excluding tert-OH is 1. The minimum atomic E-state index is -1.10. The topological polar surface area (TPSA) is 184 Å². The van der Waals surface area contributed by atoms with Crippen molar-refractivity contribution in [1.29, 1.82) is 0 Å². The van der Waals surface area contributed by atoms with Crippen LogP contribution in [0.15, 0.2) is 12.7 Å². The number of aliphatic hydroxyl groups is 1. The summed E-state index contributed by atoms with van der Waals surface area (Å²) in [6.07, 6.45) is 2.13. The third-order valence-corrected chi connectivity index (χ3v) is 7.90. The Morgan fingerprint density at radius 1 is 0.796 bits per heavy atom. The average molecular weight is 696 g/mol. The number of amides is 5. The molecule has 13 heteroatoms. The molecule has 6 N–H and O–H groups in total. The van der Waals surface area contributed by atoms with Crippen molar-refractivity contribution in [3.63, 3.8) is 0 Å². The highest BCUT2D eigenvalue weighted by Gasteiger charge is 2.34. The average Bonchev–Trinajstić information content (AvgIpc) is 3.47. The van der Waals surface area contributed by atoms with E-state index in [1.54, 1.807) is 27.7 Å². The smallest absolute Gasteiger partial charge is 0.408 e. The van der Waals surface area contributed by atoms with Crippen molar-refractivity contribution in [3.05, 3.63) is 12.7 Å². The fraction of sp³-hybridized carbons (Fsp3) is 0.806. The fourth-order valence-electron chi connectivity index (χ4n) is 5.58. The third kappa shape index (κ3) is 17.9. The van der Waals surface area contributed by atoms with Crippen LogP contribution < -0.4 is 26.6 Å². The van der Waals surface area contributed by atoms with Gasteiger partial charge in [-0.15, -0.1) is 6.58 Å². The van der Waals surface area contributed by atoms with Gasteiger partial charge in [-0.05, 0) is 85.0 Å². The second-order valence-electron chi connectivity index (χ2n) is 15.5. The quantitative estimate of drug-likeness (QED) is 0.105. The van der Waals surface area contributed by atoms with Gasteiger partial charge in [0, 0.05) is 25.0 Å². The van der Waals surface area contributed by atoms with E-state index in [9.17, 15) is 29.1 Å². The van der Waals surface area contributed by atoms with Crippen LogP contribution in [0.4, 0.5) is 4.79 Å². The molecule has 0 spiro atoms. The van der Waals surface area contributed by atoms with E-state index >= 15 is 0 Å². The lowest BCUT2D eigenvalue weighted by Gasteiger charge is -2.31. The zero-order chi connectivity index (χ0) is 37.5. The molecule has 13 nitrogen and oxygen atoms in total. The number of hydrogen-bond acceptors (Lipinski definition) is 8. The Kier molecular flexibility index (Phi) is 18.9. The Labute approximate surface area is 293 Å². The summed E-state index contributed by atoms with van der Waals surface area (Å²) in [6.45, 7) is 22.6. The number of alkyl carbamates (subject to hydrolysis) is 1. The van der Waals surface area contributed by atoms with Gasteiger partial charge < -0.3 is 41.2 Å². The number of hydrogen-bond donors (Lipinski definition) is 6. The van der Waals surface area contributed by atoms with Gasteiger partial charge >= 0.3 is 6.09 Å². The molecule has 1 aliphatic heterocycles. The lowest BCUT2D eigenvalue weighted by molar-refractivity contribution is -0.133. The summed E-state index contributed by atoms with van der Waals surface area (Å²) in [5, 5.41) is 25.4. The third-order valence-electron chi connectivity index (χ3n) is 7.90. The van der Waals surface area contributed by atoms with Crippen molar-refractivity contribution in [3.8, 4) is 0 Å². The highest BCUT2D eigenvalue weighted by atomic mass is 16.6. The molecule has 0 radical (unpaired) electrons. The maximum absolute atomic E-state index is 13.8. The van der Waals surface area contributed by atoms with E-state index in [1.165, 1.54) is 6.08 Å². The number of ether oxygens (including phenoxy) is 2. The lowest BCUT2D eigenvalue weighted by Crippen LogP contribution is -2.57. The zero-order valence-corrected chi connectivity index (χ0v) is 31.5. The van der Waals surface area contributed by atoms with E-state index in [4.69, 9.17) is 9.47 Å². The molecule has 0 aromatic rings. The molecule has 0 aromatic heterocycles. The SMILES string of the molecule is C=CC[C@H](NC(=O)OC(C)(C)C)C(=O)N[C@@H](CC1CCCO1)C(=O)N[C@@H](CC(C)C)[C@@H](O)C[C@@H](C)C(=O)N[C@@H](CC(C)C)C(=O)NC(C)C. The first-order chi connectivity index (χ1) is 22.7. The predicted molar refractivity (Wildman–Crippen MR) is 189 cm³/mol. The van der Waals surface area contributed by atoms with Gasteiger partial charge in [-0.2, -0.15) is 0 Å². The number of carbonyl (C=O) groups is 5. The normalized spacial score (nSPS) is 18.5. The summed E-state index contributed by atoms with van der Waals surface area (Å²) in [6, 6.07) is -3.58. The molecule has 7 atom stereocenters. The minimum Gasteiger partial charge on any atom is -0.444 e. The molecule has 5 amide bonds. The molecule has 1 saturated heterocycles. The fourth-order valence-corrected chi connectivity index (χ4v) is 5.58. The van der Waals surface area contributed by atoms with E-state index in [2.05, 4.69) is 33.2 Å². The Morgan fingerprint density at radius 2 is 1.37 bits per heavy atom. The summed E-state index contributed by atoms with van der Waals surface area (Å²) in [7, 11) is 0. The van der Waals surface area contributed by atoms with Crippen LogP contribution in [0.2, 0.25) is 0 Å². The molecule has 1 fully saturated rings. The molecule has 282 valence electrons. The first-order valence-electron chi connectivity index (χ1n) is 17.8. The summed E-state index contributed by atoms with van der Waals surface area (Å²) in [4.78, 5) is 65.7. The highest BCUT2D eigenvalue weighted by Crippen LogP contribution is 2.20.